The average Bonchev–Trinajstić information content (AvgIpc) is 2.84. The molecule has 1 aromatic carbocycles. The van der Waals surface area contributed by atoms with Crippen LogP contribution in [-0.4, -0.2) is 25.9 Å². The molecule has 0 aliphatic carbocycles. The lowest BCUT2D eigenvalue weighted by Gasteiger charge is -2.16. The number of aliphatic hydroxyl groups excluding tert-OH is 1. The van der Waals surface area contributed by atoms with Crippen molar-refractivity contribution in [3.05, 3.63) is 46.9 Å². The van der Waals surface area contributed by atoms with E-state index < -0.39 is 6.10 Å². The van der Waals surface area contributed by atoms with Crippen LogP contribution < -0.4 is 14.8 Å². The Labute approximate surface area is 130 Å². The maximum atomic E-state index is 10.4. The minimum Gasteiger partial charge on any atom is -0.497 e. The van der Waals surface area contributed by atoms with Gasteiger partial charge in [-0.2, -0.15) is 0 Å². The fourth-order valence-corrected chi connectivity index (χ4v) is 2.41. The van der Waals surface area contributed by atoms with Crippen LogP contribution in [0.3, 0.4) is 0 Å². The van der Waals surface area contributed by atoms with Gasteiger partial charge < -0.3 is 24.3 Å². The minimum absolute atomic E-state index is 0.410. The standard InChI is InChI=1S/C17H23NO4/c1-11-7-13(12(2)22-11)9-18-10-16(19)15-8-14(20-3)5-6-17(15)21-4/h5-8,16,18-19H,9-10H2,1-4H3. The summed E-state index contributed by atoms with van der Waals surface area (Å²) in [6.07, 6.45) is -0.682. The van der Waals surface area contributed by atoms with Gasteiger partial charge in [0.2, 0.25) is 0 Å². The van der Waals surface area contributed by atoms with Gasteiger partial charge >= 0.3 is 0 Å². The molecular weight excluding hydrogens is 282 g/mol. The molecule has 5 nitrogen and oxygen atoms in total. The summed E-state index contributed by atoms with van der Waals surface area (Å²) in [5.41, 5.74) is 1.80. The number of furan rings is 1. The summed E-state index contributed by atoms with van der Waals surface area (Å²) in [7, 11) is 3.18. The Kier molecular flexibility index (Phi) is 5.46. The number of ether oxygens (including phenoxy) is 2. The average molecular weight is 305 g/mol. The molecule has 0 aliphatic heterocycles. The predicted octanol–water partition coefficient (Wildman–Crippen LogP) is 2.74. The van der Waals surface area contributed by atoms with Crippen LogP contribution in [0.4, 0.5) is 0 Å². The zero-order valence-corrected chi connectivity index (χ0v) is 13.5. The molecule has 120 valence electrons. The number of aliphatic hydroxyl groups is 1. The van der Waals surface area contributed by atoms with Crippen LogP contribution in [0.15, 0.2) is 28.7 Å². The summed E-state index contributed by atoms with van der Waals surface area (Å²) in [4.78, 5) is 0. The van der Waals surface area contributed by atoms with Gasteiger partial charge in [0.05, 0.1) is 20.3 Å². The third kappa shape index (κ3) is 3.81. The number of benzene rings is 1. The molecule has 5 heteroatoms. The normalized spacial score (nSPS) is 12.2. The van der Waals surface area contributed by atoms with Crippen LogP contribution >= 0.6 is 0 Å². The van der Waals surface area contributed by atoms with Crippen molar-refractivity contribution in [2.75, 3.05) is 20.8 Å². The van der Waals surface area contributed by atoms with Crippen LogP contribution in [0.25, 0.3) is 0 Å². The summed E-state index contributed by atoms with van der Waals surface area (Å²) in [5, 5.41) is 13.6. The van der Waals surface area contributed by atoms with E-state index in [0.717, 1.165) is 17.1 Å². The minimum atomic E-state index is -0.682. The molecule has 1 unspecified atom stereocenters. The fourth-order valence-electron chi connectivity index (χ4n) is 2.41. The lowest BCUT2D eigenvalue weighted by atomic mass is 10.1. The first-order chi connectivity index (χ1) is 10.5. The van der Waals surface area contributed by atoms with E-state index in [4.69, 9.17) is 13.9 Å². The van der Waals surface area contributed by atoms with E-state index in [1.54, 1.807) is 32.4 Å². The Morgan fingerprint density at radius 3 is 2.55 bits per heavy atom. The largest absolute Gasteiger partial charge is 0.497 e. The number of nitrogens with one attached hydrogen (secondary N) is 1. The first-order valence-electron chi connectivity index (χ1n) is 7.21. The predicted molar refractivity (Wildman–Crippen MR) is 84.4 cm³/mol. The first kappa shape index (κ1) is 16.4. The molecule has 0 aliphatic rings. The van der Waals surface area contributed by atoms with Crippen LogP contribution in [0.1, 0.15) is 28.8 Å². The number of hydrogen-bond acceptors (Lipinski definition) is 5. The van der Waals surface area contributed by atoms with E-state index in [-0.39, 0.29) is 0 Å². The second-order valence-corrected chi connectivity index (χ2v) is 5.19. The quantitative estimate of drug-likeness (QED) is 0.823. The topological polar surface area (TPSA) is 63.9 Å². The number of methoxy groups -OCH3 is 2. The van der Waals surface area contributed by atoms with Crippen LogP contribution in [0.2, 0.25) is 0 Å². The van der Waals surface area contributed by atoms with Gasteiger partial charge in [0, 0.05) is 24.2 Å². The van der Waals surface area contributed by atoms with Crippen LogP contribution in [0.5, 0.6) is 11.5 Å². The molecule has 2 N–H and O–H groups in total. The monoisotopic (exact) mass is 305 g/mol. The molecule has 0 amide bonds. The van der Waals surface area contributed by atoms with Gasteiger partial charge in [-0.3, -0.25) is 0 Å². The van der Waals surface area contributed by atoms with E-state index >= 15 is 0 Å². The van der Waals surface area contributed by atoms with Crippen molar-refractivity contribution in [3.63, 3.8) is 0 Å². The Balaban J connectivity index is 1.99. The highest BCUT2D eigenvalue weighted by Crippen LogP contribution is 2.29. The van der Waals surface area contributed by atoms with Crippen molar-refractivity contribution in [1.82, 2.24) is 5.32 Å². The lowest BCUT2D eigenvalue weighted by Crippen LogP contribution is -2.21. The van der Waals surface area contributed by atoms with Crippen LogP contribution in [0, 0.1) is 13.8 Å². The molecule has 0 spiro atoms. The Bertz CT molecular complexity index is 621. The third-order valence-corrected chi connectivity index (χ3v) is 3.59. The summed E-state index contributed by atoms with van der Waals surface area (Å²) in [6.45, 7) is 4.91. The van der Waals surface area contributed by atoms with E-state index in [2.05, 4.69) is 5.32 Å². The van der Waals surface area contributed by atoms with Crippen molar-refractivity contribution >= 4 is 0 Å². The molecule has 0 saturated carbocycles. The summed E-state index contributed by atoms with van der Waals surface area (Å²) in [5.74, 6) is 3.13. The van der Waals surface area contributed by atoms with E-state index in [1.807, 2.05) is 19.9 Å². The SMILES string of the molecule is COc1ccc(OC)c(C(O)CNCc2cc(C)oc2C)c1. The van der Waals surface area contributed by atoms with E-state index in [0.29, 0.717) is 30.2 Å². The second-order valence-electron chi connectivity index (χ2n) is 5.19. The van der Waals surface area contributed by atoms with E-state index in [9.17, 15) is 5.11 Å². The van der Waals surface area contributed by atoms with Gasteiger partial charge in [0.1, 0.15) is 23.0 Å². The molecule has 0 saturated heterocycles. The Morgan fingerprint density at radius 1 is 1.18 bits per heavy atom. The van der Waals surface area contributed by atoms with Crippen molar-refractivity contribution < 1.29 is 19.0 Å². The van der Waals surface area contributed by atoms with Crippen LogP contribution in [-0.2, 0) is 6.54 Å². The molecule has 0 radical (unpaired) electrons. The molecular formula is C17H23NO4. The summed E-state index contributed by atoms with van der Waals surface area (Å²) >= 11 is 0. The Hall–Kier alpha value is -1.98. The molecule has 2 aromatic rings. The smallest absolute Gasteiger partial charge is 0.124 e. The summed E-state index contributed by atoms with van der Waals surface area (Å²) in [6, 6.07) is 7.39. The second kappa shape index (κ2) is 7.33. The van der Waals surface area contributed by atoms with Gasteiger partial charge in [-0.25, -0.2) is 0 Å². The molecule has 0 bridgehead atoms. The highest BCUT2D eigenvalue weighted by molar-refractivity contribution is 5.41. The highest BCUT2D eigenvalue weighted by atomic mass is 16.5. The van der Waals surface area contributed by atoms with Crippen molar-refractivity contribution in [3.8, 4) is 11.5 Å². The molecule has 1 heterocycles. The number of aryl methyl sites for hydroxylation is 2. The third-order valence-electron chi connectivity index (χ3n) is 3.59. The van der Waals surface area contributed by atoms with Gasteiger partial charge in [0.15, 0.2) is 0 Å². The Morgan fingerprint density at radius 2 is 1.95 bits per heavy atom. The van der Waals surface area contributed by atoms with Crippen molar-refractivity contribution in [2.45, 2.75) is 26.5 Å². The highest BCUT2D eigenvalue weighted by Gasteiger charge is 2.15. The van der Waals surface area contributed by atoms with Crippen molar-refractivity contribution in [1.29, 1.82) is 0 Å². The molecule has 22 heavy (non-hydrogen) atoms. The zero-order chi connectivity index (χ0) is 16.1. The van der Waals surface area contributed by atoms with Crippen molar-refractivity contribution in [2.24, 2.45) is 0 Å². The maximum absolute atomic E-state index is 10.4. The van der Waals surface area contributed by atoms with Gasteiger partial charge in [0.25, 0.3) is 0 Å². The van der Waals surface area contributed by atoms with E-state index in [1.165, 1.54) is 0 Å². The zero-order valence-electron chi connectivity index (χ0n) is 13.5. The first-order valence-corrected chi connectivity index (χ1v) is 7.21. The number of hydrogen-bond donors (Lipinski definition) is 2. The van der Waals surface area contributed by atoms with Gasteiger partial charge in [-0.15, -0.1) is 0 Å². The summed E-state index contributed by atoms with van der Waals surface area (Å²) < 4.78 is 16.0. The fraction of sp³-hybridized carbons (Fsp3) is 0.412. The molecule has 1 atom stereocenters. The van der Waals surface area contributed by atoms with Gasteiger partial charge in [-0.1, -0.05) is 0 Å². The maximum Gasteiger partial charge on any atom is 0.124 e. The number of rotatable bonds is 7. The van der Waals surface area contributed by atoms with Gasteiger partial charge in [-0.05, 0) is 38.1 Å². The molecule has 0 fully saturated rings. The lowest BCUT2D eigenvalue weighted by molar-refractivity contribution is 0.169. The molecule has 2 rings (SSSR count). The molecule has 1 aromatic heterocycles.